The highest BCUT2D eigenvalue weighted by Gasteiger charge is 2.02. The van der Waals surface area contributed by atoms with E-state index in [1.807, 2.05) is 0 Å². The van der Waals surface area contributed by atoms with E-state index in [0.717, 1.165) is 10.3 Å². The Bertz CT molecular complexity index is 456. The summed E-state index contributed by atoms with van der Waals surface area (Å²) in [4.78, 5) is 7.04. The van der Waals surface area contributed by atoms with Crippen molar-refractivity contribution in [1.82, 2.24) is 15.3 Å². The van der Waals surface area contributed by atoms with Gasteiger partial charge in [-0.05, 0) is 18.2 Å². The van der Waals surface area contributed by atoms with Gasteiger partial charge in [-0.15, -0.1) is 0 Å². The third-order valence-corrected chi connectivity index (χ3v) is 2.66. The van der Waals surface area contributed by atoms with Crippen LogP contribution in [0.25, 0.3) is 0 Å². The number of imidazole rings is 1. The Morgan fingerprint density at radius 2 is 2.25 bits per heavy atom. The molecule has 1 aromatic heterocycles. The standard InChI is InChI=1S/C11H11BrFN3/c12-9-1-2-10(13)8(5-9)6-14-7-11-15-3-4-16-11/h1-5,14H,6-7H2,(H,15,16). The van der Waals surface area contributed by atoms with Crippen LogP contribution in [0.15, 0.2) is 35.1 Å². The summed E-state index contributed by atoms with van der Waals surface area (Å²) in [6.45, 7) is 1.07. The van der Waals surface area contributed by atoms with Crippen molar-refractivity contribution in [3.63, 3.8) is 0 Å². The molecule has 1 heterocycles. The lowest BCUT2D eigenvalue weighted by Gasteiger charge is -2.05. The first-order chi connectivity index (χ1) is 7.75. The van der Waals surface area contributed by atoms with Crippen molar-refractivity contribution in [3.05, 3.63) is 52.3 Å². The summed E-state index contributed by atoms with van der Waals surface area (Å²) in [5, 5.41) is 3.12. The van der Waals surface area contributed by atoms with Crippen molar-refractivity contribution in [3.8, 4) is 0 Å². The molecule has 5 heteroatoms. The molecule has 0 fully saturated rings. The molecule has 0 saturated carbocycles. The third kappa shape index (κ3) is 2.90. The smallest absolute Gasteiger partial charge is 0.127 e. The van der Waals surface area contributed by atoms with Gasteiger partial charge in [0.25, 0.3) is 0 Å². The zero-order valence-electron chi connectivity index (χ0n) is 8.50. The molecule has 0 bridgehead atoms. The topological polar surface area (TPSA) is 40.7 Å². The number of halogens is 2. The fraction of sp³-hybridized carbons (Fsp3) is 0.182. The SMILES string of the molecule is Fc1ccc(Br)cc1CNCc1ncc[nH]1. The van der Waals surface area contributed by atoms with E-state index in [1.165, 1.54) is 6.07 Å². The van der Waals surface area contributed by atoms with Gasteiger partial charge in [0.1, 0.15) is 11.6 Å². The van der Waals surface area contributed by atoms with Crippen LogP contribution in [0.1, 0.15) is 11.4 Å². The molecular formula is C11H11BrFN3. The number of benzene rings is 1. The van der Waals surface area contributed by atoms with Crippen LogP contribution in [0.4, 0.5) is 4.39 Å². The Labute approximate surface area is 101 Å². The van der Waals surface area contributed by atoms with E-state index < -0.39 is 0 Å². The zero-order chi connectivity index (χ0) is 11.4. The lowest BCUT2D eigenvalue weighted by molar-refractivity contribution is 0.583. The van der Waals surface area contributed by atoms with Crippen molar-refractivity contribution in [1.29, 1.82) is 0 Å². The molecule has 2 rings (SSSR count). The Morgan fingerprint density at radius 3 is 3.00 bits per heavy atom. The molecule has 2 aromatic rings. The maximum atomic E-state index is 13.4. The van der Waals surface area contributed by atoms with Crippen LogP contribution in [-0.2, 0) is 13.1 Å². The van der Waals surface area contributed by atoms with Gasteiger partial charge in [0.05, 0.1) is 6.54 Å². The quantitative estimate of drug-likeness (QED) is 0.906. The van der Waals surface area contributed by atoms with Gasteiger partial charge in [-0.1, -0.05) is 15.9 Å². The average molecular weight is 284 g/mol. The number of hydrogen-bond donors (Lipinski definition) is 2. The van der Waals surface area contributed by atoms with Crippen molar-refractivity contribution in [2.75, 3.05) is 0 Å². The Hall–Kier alpha value is -1.20. The summed E-state index contributed by atoms with van der Waals surface area (Å²) in [6.07, 6.45) is 3.45. The van der Waals surface area contributed by atoms with Crippen LogP contribution in [0.5, 0.6) is 0 Å². The highest BCUT2D eigenvalue weighted by molar-refractivity contribution is 9.10. The van der Waals surface area contributed by atoms with Gasteiger partial charge in [0.2, 0.25) is 0 Å². The van der Waals surface area contributed by atoms with Crippen molar-refractivity contribution in [2.45, 2.75) is 13.1 Å². The third-order valence-electron chi connectivity index (χ3n) is 2.17. The first-order valence-electron chi connectivity index (χ1n) is 4.88. The van der Waals surface area contributed by atoms with Crippen LogP contribution in [0, 0.1) is 5.82 Å². The van der Waals surface area contributed by atoms with Crippen LogP contribution in [-0.4, -0.2) is 9.97 Å². The fourth-order valence-electron chi connectivity index (χ4n) is 1.39. The largest absolute Gasteiger partial charge is 0.348 e. The van der Waals surface area contributed by atoms with E-state index in [1.54, 1.807) is 24.5 Å². The Balaban J connectivity index is 1.92. The van der Waals surface area contributed by atoms with Gasteiger partial charge >= 0.3 is 0 Å². The number of nitrogens with zero attached hydrogens (tertiary/aromatic N) is 1. The zero-order valence-corrected chi connectivity index (χ0v) is 10.1. The van der Waals surface area contributed by atoms with Gasteiger partial charge < -0.3 is 10.3 Å². The molecule has 2 N–H and O–H groups in total. The first-order valence-corrected chi connectivity index (χ1v) is 5.68. The minimum absolute atomic E-state index is 0.199. The molecule has 0 saturated heterocycles. The molecule has 0 unspecified atom stereocenters. The first kappa shape index (κ1) is 11.3. The monoisotopic (exact) mass is 283 g/mol. The molecule has 0 aliphatic rings. The second-order valence-electron chi connectivity index (χ2n) is 3.38. The fourth-order valence-corrected chi connectivity index (χ4v) is 1.80. The van der Waals surface area contributed by atoms with Gasteiger partial charge in [0, 0.05) is 29.0 Å². The normalized spacial score (nSPS) is 10.6. The minimum Gasteiger partial charge on any atom is -0.348 e. The average Bonchev–Trinajstić information content (AvgIpc) is 2.76. The van der Waals surface area contributed by atoms with Gasteiger partial charge in [-0.2, -0.15) is 0 Å². The van der Waals surface area contributed by atoms with E-state index in [9.17, 15) is 4.39 Å². The van der Waals surface area contributed by atoms with Crippen molar-refractivity contribution in [2.24, 2.45) is 0 Å². The minimum atomic E-state index is -0.199. The molecule has 0 aliphatic carbocycles. The molecule has 0 amide bonds. The molecule has 16 heavy (non-hydrogen) atoms. The van der Waals surface area contributed by atoms with Gasteiger partial charge in [-0.3, -0.25) is 0 Å². The summed E-state index contributed by atoms with van der Waals surface area (Å²) in [6, 6.07) is 4.91. The summed E-state index contributed by atoms with van der Waals surface area (Å²) in [5.41, 5.74) is 0.640. The van der Waals surface area contributed by atoms with Crippen molar-refractivity contribution >= 4 is 15.9 Å². The molecule has 0 spiro atoms. The van der Waals surface area contributed by atoms with Crippen LogP contribution in [0.2, 0.25) is 0 Å². The maximum absolute atomic E-state index is 13.4. The second kappa shape index (κ2) is 5.23. The number of nitrogens with one attached hydrogen (secondary N) is 2. The Kier molecular flexibility index (Phi) is 3.69. The van der Waals surface area contributed by atoms with E-state index in [2.05, 4.69) is 31.2 Å². The molecule has 0 aliphatic heterocycles. The van der Waals surface area contributed by atoms with E-state index in [4.69, 9.17) is 0 Å². The molecule has 0 atom stereocenters. The highest BCUT2D eigenvalue weighted by Crippen LogP contribution is 2.15. The summed E-state index contributed by atoms with van der Waals surface area (Å²) in [7, 11) is 0. The number of H-pyrrole nitrogens is 1. The summed E-state index contributed by atoms with van der Waals surface area (Å²) < 4.78 is 14.2. The molecule has 84 valence electrons. The predicted octanol–water partition coefficient (Wildman–Crippen LogP) is 2.60. The van der Waals surface area contributed by atoms with Crippen LogP contribution < -0.4 is 5.32 Å². The number of aromatic amines is 1. The lowest BCUT2D eigenvalue weighted by atomic mass is 10.2. The van der Waals surface area contributed by atoms with Crippen LogP contribution in [0.3, 0.4) is 0 Å². The van der Waals surface area contributed by atoms with E-state index >= 15 is 0 Å². The van der Waals surface area contributed by atoms with E-state index in [0.29, 0.717) is 18.7 Å². The number of hydrogen-bond acceptors (Lipinski definition) is 2. The summed E-state index contributed by atoms with van der Waals surface area (Å²) in [5.74, 6) is 0.644. The van der Waals surface area contributed by atoms with Crippen molar-refractivity contribution < 1.29 is 4.39 Å². The Morgan fingerprint density at radius 1 is 1.38 bits per heavy atom. The molecular weight excluding hydrogens is 273 g/mol. The van der Waals surface area contributed by atoms with Gasteiger partial charge in [-0.25, -0.2) is 9.37 Å². The highest BCUT2D eigenvalue weighted by atomic mass is 79.9. The molecule has 1 aromatic carbocycles. The maximum Gasteiger partial charge on any atom is 0.127 e. The van der Waals surface area contributed by atoms with Crippen LogP contribution >= 0.6 is 15.9 Å². The number of aromatic nitrogens is 2. The lowest BCUT2D eigenvalue weighted by Crippen LogP contribution is -2.14. The van der Waals surface area contributed by atoms with E-state index in [-0.39, 0.29) is 5.82 Å². The predicted molar refractivity (Wildman–Crippen MR) is 63.2 cm³/mol. The molecule has 3 nitrogen and oxygen atoms in total. The second-order valence-corrected chi connectivity index (χ2v) is 4.29. The van der Waals surface area contributed by atoms with Gasteiger partial charge in [0.15, 0.2) is 0 Å². The number of rotatable bonds is 4. The summed E-state index contributed by atoms with van der Waals surface area (Å²) >= 11 is 3.31. The molecule has 0 radical (unpaired) electrons.